The number of carboxylic acids is 1. The average molecular weight is 335 g/mol. The molecule has 0 saturated carbocycles. The first-order chi connectivity index (χ1) is 9.38. The van der Waals surface area contributed by atoms with Crippen LogP contribution in [-0.2, 0) is 4.79 Å². The molecule has 1 aliphatic rings. The van der Waals surface area contributed by atoms with Crippen molar-refractivity contribution in [2.45, 2.75) is 18.3 Å². The third-order valence-electron chi connectivity index (χ3n) is 2.86. The predicted octanol–water partition coefficient (Wildman–Crippen LogP) is 3.37. The standard InChI is InChI=1S/C12H12Cl2N2O3S/c1-6-16(10(5-20-6)11(17)18)12(19)15-9-3-7(13)2-8(14)4-9/h2-4,6,10H,5H2,1H3,(H,15,19)(H,17,18). The Hall–Kier alpha value is -1.11. The van der Waals surface area contributed by atoms with Crippen molar-refractivity contribution in [1.29, 1.82) is 0 Å². The maximum Gasteiger partial charge on any atom is 0.327 e. The van der Waals surface area contributed by atoms with Crippen molar-refractivity contribution >= 4 is 52.7 Å². The molecule has 0 aromatic heterocycles. The lowest BCUT2D eigenvalue weighted by Crippen LogP contribution is -2.46. The maximum absolute atomic E-state index is 12.2. The van der Waals surface area contributed by atoms with Gasteiger partial charge in [0.25, 0.3) is 0 Å². The fourth-order valence-corrected chi connectivity index (χ4v) is 3.65. The maximum atomic E-state index is 12.2. The number of hydrogen-bond acceptors (Lipinski definition) is 3. The van der Waals surface area contributed by atoms with E-state index in [0.29, 0.717) is 21.5 Å². The fourth-order valence-electron chi connectivity index (χ4n) is 1.96. The second-order valence-electron chi connectivity index (χ2n) is 4.28. The summed E-state index contributed by atoms with van der Waals surface area (Å²) in [4.78, 5) is 24.7. The first-order valence-electron chi connectivity index (χ1n) is 5.78. The normalized spacial score (nSPS) is 21.9. The molecule has 108 valence electrons. The van der Waals surface area contributed by atoms with E-state index >= 15 is 0 Å². The molecule has 2 atom stereocenters. The Kier molecular flexibility index (Phi) is 4.67. The number of carboxylic acid groups (broad SMARTS) is 1. The van der Waals surface area contributed by atoms with Gasteiger partial charge >= 0.3 is 12.0 Å². The summed E-state index contributed by atoms with van der Waals surface area (Å²) in [7, 11) is 0. The van der Waals surface area contributed by atoms with Crippen LogP contribution in [0.2, 0.25) is 10.0 Å². The minimum atomic E-state index is -1.01. The summed E-state index contributed by atoms with van der Waals surface area (Å²) in [6.07, 6.45) is 0. The lowest BCUT2D eigenvalue weighted by atomic mass is 10.3. The Bertz CT molecular complexity index is 535. The van der Waals surface area contributed by atoms with Gasteiger partial charge in [0.2, 0.25) is 0 Å². The van der Waals surface area contributed by atoms with Crippen LogP contribution in [0.4, 0.5) is 10.5 Å². The molecule has 2 amide bonds. The average Bonchev–Trinajstić information content (AvgIpc) is 2.69. The zero-order valence-corrected chi connectivity index (χ0v) is 12.8. The van der Waals surface area contributed by atoms with Crippen molar-refractivity contribution < 1.29 is 14.7 Å². The van der Waals surface area contributed by atoms with Gasteiger partial charge in [-0.15, -0.1) is 11.8 Å². The third kappa shape index (κ3) is 3.31. The molecule has 20 heavy (non-hydrogen) atoms. The summed E-state index contributed by atoms with van der Waals surface area (Å²) in [5.74, 6) is -0.638. The molecule has 1 aliphatic heterocycles. The van der Waals surface area contributed by atoms with E-state index in [4.69, 9.17) is 28.3 Å². The van der Waals surface area contributed by atoms with Crippen LogP contribution in [0, 0.1) is 0 Å². The third-order valence-corrected chi connectivity index (χ3v) is 4.51. The van der Waals surface area contributed by atoms with Crippen LogP contribution in [0.3, 0.4) is 0 Å². The van der Waals surface area contributed by atoms with Crippen LogP contribution in [0.25, 0.3) is 0 Å². The number of carbonyl (C=O) groups is 2. The van der Waals surface area contributed by atoms with E-state index in [1.807, 2.05) is 0 Å². The summed E-state index contributed by atoms with van der Waals surface area (Å²) >= 11 is 13.1. The number of urea groups is 1. The van der Waals surface area contributed by atoms with Gasteiger partial charge < -0.3 is 10.4 Å². The summed E-state index contributed by atoms with van der Waals surface area (Å²) in [5, 5.41) is 12.3. The van der Waals surface area contributed by atoms with E-state index in [9.17, 15) is 9.59 Å². The van der Waals surface area contributed by atoms with Gasteiger partial charge in [0.05, 0.1) is 5.37 Å². The molecular weight excluding hydrogens is 323 g/mol. The number of anilines is 1. The van der Waals surface area contributed by atoms with E-state index in [2.05, 4.69) is 5.32 Å². The van der Waals surface area contributed by atoms with E-state index < -0.39 is 18.0 Å². The fraction of sp³-hybridized carbons (Fsp3) is 0.333. The molecule has 8 heteroatoms. The number of amides is 2. The van der Waals surface area contributed by atoms with Gasteiger partial charge in [0.1, 0.15) is 6.04 Å². The Labute approximate surface area is 130 Å². The summed E-state index contributed by atoms with van der Waals surface area (Å²) in [6.45, 7) is 1.79. The Morgan fingerprint density at radius 2 is 1.95 bits per heavy atom. The molecule has 0 spiro atoms. The number of nitrogens with zero attached hydrogens (tertiary/aromatic N) is 1. The van der Waals surface area contributed by atoms with Gasteiger partial charge in [-0.1, -0.05) is 23.2 Å². The molecule has 2 rings (SSSR count). The SMILES string of the molecule is CC1SCC(C(=O)O)N1C(=O)Nc1cc(Cl)cc(Cl)c1. The lowest BCUT2D eigenvalue weighted by molar-refractivity contribution is -0.141. The van der Waals surface area contributed by atoms with Crippen LogP contribution >= 0.6 is 35.0 Å². The van der Waals surface area contributed by atoms with Crippen LogP contribution in [-0.4, -0.2) is 39.2 Å². The van der Waals surface area contributed by atoms with Crippen molar-refractivity contribution in [2.75, 3.05) is 11.1 Å². The van der Waals surface area contributed by atoms with Crippen molar-refractivity contribution in [3.05, 3.63) is 28.2 Å². The molecule has 0 bridgehead atoms. The van der Waals surface area contributed by atoms with E-state index in [1.165, 1.54) is 16.7 Å². The van der Waals surface area contributed by atoms with Crippen molar-refractivity contribution in [3.63, 3.8) is 0 Å². The molecule has 5 nitrogen and oxygen atoms in total. The number of halogens is 2. The molecule has 2 N–H and O–H groups in total. The van der Waals surface area contributed by atoms with Gasteiger partial charge in [-0.25, -0.2) is 9.59 Å². The van der Waals surface area contributed by atoms with Gasteiger partial charge in [0.15, 0.2) is 0 Å². The number of aliphatic carboxylic acids is 1. The molecule has 0 aliphatic carbocycles. The molecular formula is C12H12Cl2N2O3S. The monoisotopic (exact) mass is 334 g/mol. The number of carbonyl (C=O) groups excluding carboxylic acids is 1. The highest BCUT2D eigenvalue weighted by Crippen LogP contribution is 2.30. The van der Waals surface area contributed by atoms with Gasteiger partial charge in [-0.3, -0.25) is 4.90 Å². The highest BCUT2D eigenvalue weighted by molar-refractivity contribution is 8.00. The van der Waals surface area contributed by atoms with E-state index in [0.717, 1.165) is 0 Å². The summed E-state index contributed by atoms with van der Waals surface area (Å²) in [5.41, 5.74) is 0.431. The van der Waals surface area contributed by atoms with Crippen LogP contribution < -0.4 is 5.32 Å². The zero-order chi connectivity index (χ0) is 14.9. The summed E-state index contributed by atoms with van der Waals surface area (Å²) < 4.78 is 0. The van der Waals surface area contributed by atoms with Crippen molar-refractivity contribution in [3.8, 4) is 0 Å². The molecule has 1 fully saturated rings. The first kappa shape index (κ1) is 15.3. The highest BCUT2D eigenvalue weighted by atomic mass is 35.5. The predicted molar refractivity (Wildman–Crippen MR) is 80.7 cm³/mol. The van der Waals surface area contributed by atoms with E-state index in [1.54, 1.807) is 25.1 Å². The molecule has 1 aromatic rings. The van der Waals surface area contributed by atoms with Crippen molar-refractivity contribution in [1.82, 2.24) is 4.90 Å². The molecule has 1 aromatic carbocycles. The molecule has 1 saturated heterocycles. The first-order valence-corrected chi connectivity index (χ1v) is 7.59. The minimum absolute atomic E-state index is 0.203. The van der Waals surface area contributed by atoms with Gasteiger partial charge in [0, 0.05) is 21.5 Å². The Morgan fingerprint density at radius 1 is 1.35 bits per heavy atom. The highest BCUT2D eigenvalue weighted by Gasteiger charge is 2.39. The summed E-state index contributed by atoms with van der Waals surface area (Å²) in [6, 6.07) is 3.34. The Balaban J connectivity index is 2.16. The number of hydrogen-bond donors (Lipinski definition) is 2. The van der Waals surface area contributed by atoms with Crippen LogP contribution in [0.5, 0.6) is 0 Å². The molecule has 0 radical (unpaired) electrons. The largest absolute Gasteiger partial charge is 0.480 e. The van der Waals surface area contributed by atoms with Crippen LogP contribution in [0.15, 0.2) is 18.2 Å². The number of rotatable bonds is 2. The van der Waals surface area contributed by atoms with Crippen molar-refractivity contribution in [2.24, 2.45) is 0 Å². The molecule has 1 heterocycles. The number of thioether (sulfide) groups is 1. The van der Waals surface area contributed by atoms with Crippen LogP contribution in [0.1, 0.15) is 6.92 Å². The second-order valence-corrected chi connectivity index (χ2v) is 6.50. The smallest absolute Gasteiger partial charge is 0.327 e. The number of benzene rings is 1. The Morgan fingerprint density at radius 3 is 2.50 bits per heavy atom. The molecule has 2 unspecified atom stereocenters. The van der Waals surface area contributed by atoms with Gasteiger partial charge in [-0.05, 0) is 25.1 Å². The topological polar surface area (TPSA) is 69.6 Å². The minimum Gasteiger partial charge on any atom is -0.480 e. The van der Waals surface area contributed by atoms with E-state index in [-0.39, 0.29) is 5.37 Å². The zero-order valence-electron chi connectivity index (χ0n) is 10.5. The quantitative estimate of drug-likeness (QED) is 0.869. The lowest BCUT2D eigenvalue weighted by Gasteiger charge is -2.25. The van der Waals surface area contributed by atoms with Gasteiger partial charge in [-0.2, -0.15) is 0 Å². The number of nitrogens with one attached hydrogen (secondary N) is 1. The second kappa shape index (κ2) is 6.11.